The van der Waals surface area contributed by atoms with E-state index in [1.807, 2.05) is 0 Å². The van der Waals surface area contributed by atoms with Gasteiger partial charge in [0.2, 0.25) is 0 Å². The predicted molar refractivity (Wildman–Crippen MR) is 84.9 cm³/mol. The Morgan fingerprint density at radius 3 is 1.25 bits per heavy atom. The molecule has 0 radical (unpaired) electrons. The number of carboxylic acids is 3. The van der Waals surface area contributed by atoms with Crippen molar-refractivity contribution in [2.75, 3.05) is 0 Å². The quantitative estimate of drug-likeness (QED) is 0.680. The second kappa shape index (κ2) is 7.54. The van der Waals surface area contributed by atoms with E-state index in [1.165, 1.54) is 0 Å². The predicted octanol–water partition coefficient (Wildman–Crippen LogP) is 1.31. The number of hydrogen-bond acceptors (Lipinski definition) is 3. The van der Waals surface area contributed by atoms with E-state index in [9.17, 15) is 29.7 Å². The van der Waals surface area contributed by atoms with E-state index in [0.717, 1.165) is 0 Å². The minimum atomic E-state index is -1.61. The van der Waals surface area contributed by atoms with Crippen LogP contribution in [0.1, 0.15) is 47.8 Å². The molecule has 0 aromatic heterocycles. The molecule has 0 saturated heterocycles. The fourth-order valence-electron chi connectivity index (χ4n) is 2.51. The molecule has 24 heavy (non-hydrogen) atoms. The highest BCUT2D eigenvalue weighted by molar-refractivity contribution is 6.08. The van der Waals surface area contributed by atoms with E-state index in [4.69, 9.17) is 19.3 Å². The van der Waals surface area contributed by atoms with Crippen molar-refractivity contribution in [3.63, 3.8) is 0 Å². The molecule has 0 atom stereocenters. The molecule has 6 heteroatoms. The van der Waals surface area contributed by atoms with E-state index >= 15 is 0 Å². The minimum Gasteiger partial charge on any atom is -0.478 e. The highest BCUT2D eigenvalue weighted by atomic mass is 16.4. The number of hydrogen-bond donors (Lipinski definition) is 3. The van der Waals surface area contributed by atoms with Gasteiger partial charge in [-0.1, -0.05) is 0 Å². The van der Waals surface area contributed by atoms with Crippen LogP contribution < -0.4 is 0 Å². The van der Waals surface area contributed by atoms with E-state index in [0.29, 0.717) is 0 Å². The Kier molecular flexibility index (Phi) is 5.76. The van der Waals surface area contributed by atoms with E-state index in [2.05, 4.69) is 17.8 Å². The molecule has 0 unspecified atom stereocenters. The average molecular weight is 324 g/mol. The molecule has 0 aliphatic heterocycles. The Morgan fingerprint density at radius 2 is 0.917 bits per heavy atom. The summed E-state index contributed by atoms with van der Waals surface area (Å²) in [6, 6.07) is 0. The first kappa shape index (κ1) is 18.4. The summed E-state index contributed by atoms with van der Waals surface area (Å²) in [6.45, 7) is 0. The van der Waals surface area contributed by atoms with E-state index < -0.39 is 34.6 Å². The molecule has 6 nitrogen and oxygen atoms in total. The Labute approximate surface area is 138 Å². The number of rotatable bonds is 6. The number of aromatic carboxylic acids is 3. The third kappa shape index (κ3) is 3.21. The number of carboxylic acid groups (broad SMARTS) is 3. The number of carbonyl (C=O) groups is 3. The second-order valence-corrected chi connectivity index (χ2v) is 4.62. The maximum Gasteiger partial charge on any atom is 0.336 e. The molecule has 0 amide bonds. The third-order valence-corrected chi connectivity index (χ3v) is 3.30. The van der Waals surface area contributed by atoms with Gasteiger partial charge in [0.05, 0.1) is 16.7 Å². The van der Waals surface area contributed by atoms with Gasteiger partial charge in [-0.2, -0.15) is 0 Å². The van der Waals surface area contributed by atoms with Gasteiger partial charge in [0.1, 0.15) is 0 Å². The first-order chi connectivity index (χ1) is 11.3. The van der Waals surface area contributed by atoms with Crippen molar-refractivity contribution in [2.45, 2.75) is 19.3 Å². The summed E-state index contributed by atoms with van der Waals surface area (Å²) < 4.78 is 0. The summed E-state index contributed by atoms with van der Waals surface area (Å²) in [5.41, 5.74) is -2.04. The second-order valence-electron chi connectivity index (χ2n) is 4.62. The van der Waals surface area contributed by atoms with Crippen LogP contribution in [0.3, 0.4) is 0 Å². The van der Waals surface area contributed by atoms with Crippen molar-refractivity contribution in [2.24, 2.45) is 0 Å². The molecular formula is C18H12O6. The zero-order chi connectivity index (χ0) is 18.4. The van der Waals surface area contributed by atoms with Crippen molar-refractivity contribution in [3.05, 3.63) is 33.4 Å². The molecule has 1 rings (SSSR count). The van der Waals surface area contributed by atoms with Gasteiger partial charge in [0.15, 0.2) is 0 Å². The molecule has 1 aromatic carbocycles. The van der Waals surface area contributed by atoms with Crippen molar-refractivity contribution < 1.29 is 29.7 Å². The normalized spacial score (nSPS) is 9.38. The van der Waals surface area contributed by atoms with Crippen molar-refractivity contribution in [3.8, 4) is 37.0 Å². The molecule has 120 valence electrons. The van der Waals surface area contributed by atoms with Crippen LogP contribution in [0, 0.1) is 37.0 Å². The van der Waals surface area contributed by atoms with Crippen LogP contribution in [-0.2, 0) is 19.3 Å². The van der Waals surface area contributed by atoms with Crippen molar-refractivity contribution >= 4 is 17.9 Å². The van der Waals surface area contributed by atoms with Gasteiger partial charge in [-0.15, -0.1) is 37.0 Å². The fourth-order valence-corrected chi connectivity index (χ4v) is 2.51. The maximum absolute atomic E-state index is 11.7. The van der Waals surface area contributed by atoms with E-state index in [1.54, 1.807) is 0 Å². The lowest BCUT2D eigenvalue weighted by Crippen LogP contribution is -2.22. The van der Waals surface area contributed by atoms with Crippen LogP contribution in [0.5, 0.6) is 0 Å². The zero-order valence-corrected chi connectivity index (χ0v) is 12.4. The van der Waals surface area contributed by atoms with Crippen LogP contribution in [0.25, 0.3) is 0 Å². The highest BCUT2D eigenvalue weighted by Gasteiger charge is 2.32. The molecular weight excluding hydrogens is 312 g/mol. The number of terminal acetylenes is 3. The van der Waals surface area contributed by atoms with Gasteiger partial charge in [0.25, 0.3) is 0 Å². The molecule has 0 aliphatic carbocycles. The number of benzene rings is 1. The summed E-state index contributed by atoms with van der Waals surface area (Å²) in [5, 5.41) is 28.4. The van der Waals surface area contributed by atoms with Crippen LogP contribution >= 0.6 is 0 Å². The molecule has 3 N–H and O–H groups in total. The van der Waals surface area contributed by atoms with Gasteiger partial charge in [-0.3, -0.25) is 0 Å². The fraction of sp³-hybridized carbons (Fsp3) is 0.167. The van der Waals surface area contributed by atoms with Crippen LogP contribution in [0.2, 0.25) is 0 Å². The maximum atomic E-state index is 11.7. The molecule has 1 aromatic rings. The molecule has 0 aliphatic rings. The van der Waals surface area contributed by atoms with Crippen LogP contribution in [0.4, 0.5) is 0 Å². The highest BCUT2D eigenvalue weighted by Crippen LogP contribution is 2.30. The molecule has 0 heterocycles. The monoisotopic (exact) mass is 324 g/mol. The Morgan fingerprint density at radius 1 is 0.625 bits per heavy atom. The summed E-state index contributed by atoms with van der Waals surface area (Å²) in [4.78, 5) is 34.9. The van der Waals surface area contributed by atoms with Gasteiger partial charge in [-0.25, -0.2) is 14.4 Å². The first-order valence-electron chi connectivity index (χ1n) is 6.52. The lowest BCUT2D eigenvalue weighted by molar-refractivity contribution is 0.0646. The van der Waals surface area contributed by atoms with Gasteiger partial charge >= 0.3 is 17.9 Å². The molecule has 0 saturated carbocycles. The van der Waals surface area contributed by atoms with Crippen molar-refractivity contribution in [1.29, 1.82) is 0 Å². The largest absolute Gasteiger partial charge is 0.478 e. The minimum absolute atomic E-state index is 0.00407. The summed E-state index contributed by atoms with van der Waals surface area (Å²) in [6.07, 6.45) is 14.8. The lowest BCUT2D eigenvalue weighted by atomic mass is 9.83. The standard InChI is InChI=1S/C18H12O6/c1-4-7-10-11(8-5-2)14(17(21)22)15(18(23)24)12(9-6-3)13(10)16(19)20/h1-3H,7-9H2,(H,19,20)(H,21,22)(H,23,24). The Hall–Kier alpha value is -3.69. The average Bonchev–Trinajstić information content (AvgIpc) is 2.48. The van der Waals surface area contributed by atoms with Crippen LogP contribution in [0.15, 0.2) is 0 Å². The third-order valence-electron chi connectivity index (χ3n) is 3.30. The Balaban J connectivity index is 4.24. The summed E-state index contributed by atoms with van der Waals surface area (Å²) in [7, 11) is 0. The van der Waals surface area contributed by atoms with Gasteiger partial charge < -0.3 is 15.3 Å². The Bertz CT molecular complexity index is 856. The summed E-state index contributed by atoms with van der Waals surface area (Å²) in [5.74, 6) is 1.98. The van der Waals surface area contributed by atoms with Gasteiger partial charge in [-0.05, 0) is 16.7 Å². The topological polar surface area (TPSA) is 112 Å². The molecule has 0 bridgehead atoms. The smallest absolute Gasteiger partial charge is 0.336 e. The van der Waals surface area contributed by atoms with E-state index in [-0.39, 0.29) is 36.0 Å². The van der Waals surface area contributed by atoms with Crippen LogP contribution in [-0.4, -0.2) is 33.2 Å². The van der Waals surface area contributed by atoms with Crippen molar-refractivity contribution in [1.82, 2.24) is 0 Å². The zero-order valence-electron chi connectivity index (χ0n) is 12.4. The first-order valence-corrected chi connectivity index (χ1v) is 6.52. The van der Waals surface area contributed by atoms with Gasteiger partial charge in [0, 0.05) is 19.3 Å². The summed E-state index contributed by atoms with van der Waals surface area (Å²) >= 11 is 0. The molecule has 0 fully saturated rings. The molecule has 0 spiro atoms. The SMILES string of the molecule is C#CCc1c(CC#C)c(C(=O)O)c(C(=O)O)c(CC#C)c1C(=O)O. The lowest BCUT2D eigenvalue weighted by Gasteiger charge is -2.19.